The van der Waals surface area contributed by atoms with E-state index in [1.165, 1.54) is 5.57 Å². The first-order chi connectivity index (χ1) is 12.1. The van der Waals surface area contributed by atoms with Gasteiger partial charge >= 0.3 is 0 Å². The van der Waals surface area contributed by atoms with Gasteiger partial charge < -0.3 is 25.2 Å². The lowest BCUT2D eigenvalue weighted by atomic mass is 10.1. The number of rotatable bonds is 8. The molecule has 0 bridgehead atoms. The molecule has 3 N–H and O–H groups in total. The van der Waals surface area contributed by atoms with E-state index in [9.17, 15) is 5.11 Å². The number of aliphatic imine (C=N–C) groups is 1. The summed E-state index contributed by atoms with van der Waals surface area (Å²) in [4.78, 5) is 6.81. The fourth-order valence-electron chi connectivity index (χ4n) is 3.02. The summed E-state index contributed by atoms with van der Waals surface area (Å²) in [6.07, 6.45) is 4.18. The minimum Gasteiger partial charge on any atom is -0.387 e. The van der Waals surface area contributed by atoms with E-state index in [0.29, 0.717) is 13.1 Å². The highest BCUT2D eigenvalue weighted by atomic mass is 127. The quantitative estimate of drug-likeness (QED) is 0.207. The lowest BCUT2D eigenvalue weighted by molar-refractivity contribution is -0.0179. The number of ether oxygens (including phenoxy) is 2. The predicted octanol–water partition coefficient (Wildman–Crippen LogP) is 0.980. The van der Waals surface area contributed by atoms with E-state index in [2.05, 4.69) is 26.6 Å². The van der Waals surface area contributed by atoms with Crippen molar-refractivity contribution in [1.82, 2.24) is 15.5 Å². The van der Waals surface area contributed by atoms with Gasteiger partial charge in [-0.15, -0.1) is 24.0 Å². The third-order valence-electron chi connectivity index (χ3n) is 4.39. The van der Waals surface area contributed by atoms with Crippen molar-refractivity contribution in [2.75, 3.05) is 65.7 Å². The predicted molar refractivity (Wildman–Crippen MR) is 115 cm³/mol. The maximum absolute atomic E-state index is 10.6. The SMILES string of the molecule is CCNC(=NCC(C)(O)CN1CCOCC1)NCCC1=CCOCC1.I. The fourth-order valence-corrected chi connectivity index (χ4v) is 3.02. The van der Waals surface area contributed by atoms with Crippen LogP contribution >= 0.6 is 24.0 Å². The first-order valence-electron chi connectivity index (χ1n) is 9.39. The monoisotopic (exact) mass is 482 g/mol. The highest BCUT2D eigenvalue weighted by Crippen LogP contribution is 2.11. The summed E-state index contributed by atoms with van der Waals surface area (Å²) in [5.41, 5.74) is 0.594. The Balaban J connectivity index is 0.00000338. The van der Waals surface area contributed by atoms with E-state index < -0.39 is 5.60 Å². The molecule has 8 heteroatoms. The molecular formula is C18H35IN4O3. The van der Waals surface area contributed by atoms with Crippen molar-refractivity contribution in [1.29, 1.82) is 0 Å². The summed E-state index contributed by atoms with van der Waals surface area (Å²) in [5, 5.41) is 17.2. The lowest BCUT2D eigenvalue weighted by Crippen LogP contribution is -2.48. The van der Waals surface area contributed by atoms with Crippen molar-refractivity contribution in [3.8, 4) is 0 Å². The Labute approximate surface area is 174 Å². The maximum Gasteiger partial charge on any atom is 0.191 e. The van der Waals surface area contributed by atoms with E-state index in [4.69, 9.17) is 9.47 Å². The van der Waals surface area contributed by atoms with Gasteiger partial charge in [0.25, 0.3) is 0 Å². The molecule has 1 saturated heterocycles. The Morgan fingerprint density at radius 1 is 1.27 bits per heavy atom. The first kappa shape index (κ1) is 23.6. The number of morpholine rings is 1. The topological polar surface area (TPSA) is 78.4 Å². The van der Waals surface area contributed by atoms with Crippen molar-refractivity contribution >= 4 is 29.9 Å². The second-order valence-corrected chi connectivity index (χ2v) is 6.94. The summed E-state index contributed by atoms with van der Waals surface area (Å²) in [6, 6.07) is 0. The number of hydrogen-bond acceptors (Lipinski definition) is 5. The molecule has 0 aromatic rings. The van der Waals surface area contributed by atoms with Crippen LogP contribution in [-0.2, 0) is 9.47 Å². The molecular weight excluding hydrogens is 447 g/mol. The number of nitrogens with one attached hydrogen (secondary N) is 2. The van der Waals surface area contributed by atoms with E-state index in [-0.39, 0.29) is 24.0 Å². The summed E-state index contributed by atoms with van der Waals surface area (Å²) >= 11 is 0. The zero-order valence-electron chi connectivity index (χ0n) is 16.1. The van der Waals surface area contributed by atoms with Gasteiger partial charge in [-0.2, -0.15) is 0 Å². The Hall–Kier alpha value is -0.420. The van der Waals surface area contributed by atoms with Crippen LogP contribution in [0.2, 0.25) is 0 Å². The standard InChI is InChI=1S/C18H34N4O3.HI/c1-3-19-17(20-7-4-16-5-10-24-11-6-16)21-14-18(2,23)15-22-8-12-25-13-9-22;/h5,23H,3-4,6-15H2,1-2H3,(H2,19,20,21);1H. The van der Waals surface area contributed by atoms with Crippen molar-refractivity contribution in [3.63, 3.8) is 0 Å². The largest absolute Gasteiger partial charge is 0.387 e. The van der Waals surface area contributed by atoms with E-state index >= 15 is 0 Å². The second kappa shape index (κ2) is 12.9. The normalized spacial score (nSPS) is 21.3. The Morgan fingerprint density at radius 2 is 2.04 bits per heavy atom. The summed E-state index contributed by atoms with van der Waals surface area (Å²) in [5.74, 6) is 0.761. The molecule has 1 atom stereocenters. The van der Waals surface area contributed by atoms with Crippen LogP contribution in [0.25, 0.3) is 0 Å². The minimum atomic E-state index is -0.844. The Bertz CT molecular complexity index is 452. The Kier molecular flexibility index (Phi) is 11.7. The van der Waals surface area contributed by atoms with Crippen LogP contribution in [0.15, 0.2) is 16.6 Å². The lowest BCUT2D eigenvalue weighted by Gasteiger charge is -2.33. The fraction of sp³-hybridized carbons (Fsp3) is 0.833. The third-order valence-corrected chi connectivity index (χ3v) is 4.39. The van der Waals surface area contributed by atoms with Crippen LogP contribution in [0.5, 0.6) is 0 Å². The smallest absolute Gasteiger partial charge is 0.191 e. The molecule has 0 amide bonds. The Morgan fingerprint density at radius 3 is 2.69 bits per heavy atom. The maximum atomic E-state index is 10.6. The van der Waals surface area contributed by atoms with E-state index in [1.54, 1.807) is 0 Å². The molecule has 26 heavy (non-hydrogen) atoms. The second-order valence-electron chi connectivity index (χ2n) is 6.94. The molecule has 152 valence electrons. The molecule has 0 aromatic carbocycles. The molecule has 2 rings (SSSR count). The van der Waals surface area contributed by atoms with E-state index in [1.807, 2.05) is 13.8 Å². The zero-order chi connectivity index (χ0) is 18.0. The molecule has 1 unspecified atom stereocenters. The van der Waals surface area contributed by atoms with Crippen LogP contribution < -0.4 is 10.6 Å². The van der Waals surface area contributed by atoms with Gasteiger partial charge in [-0.3, -0.25) is 9.89 Å². The molecule has 0 saturated carbocycles. The summed E-state index contributed by atoms with van der Waals surface area (Å²) in [6.45, 7) is 11.3. The van der Waals surface area contributed by atoms with Crippen LogP contribution in [0.3, 0.4) is 0 Å². The average molecular weight is 482 g/mol. The van der Waals surface area contributed by atoms with Crippen molar-refractivity contribution in [2.45, 2.75) is 32.3 Å². The molecule has 2 aliphatic heterocycles. The molecule has 0 spiro atoms. The highest BCUT2D eigenvalue weighted by Gasteiger charge is 2.25. The molecule has 0 radical (unpaired) electrons. The number of nitrogens with zero attached hydrogens (tertiary/aromatic N) is 2. The van der Waals surface area contributed by atoms with Crippen LogP contribution in [0.1, 0.15) is 26.7 Å². The number of β-amino-alcohol motifs (C(OH)–C–C–N with tert-alkyl or cyclic N) is 1. The number of halogens is 1. The van der Waals surface area contributed by atoms with Gasteiger partial charge in [-0.25, -0.2) is 0 Å². The molecule has 0 aromatic heterocycles. The minimum absolute atomic E-state index is 0. The molecule has 1 fully saturated rings. The van der Waals surface area contributed by atoms with Gasteiger partial charge in [0.15, 0.2) is 5.96 Å². The van der Waals surface area contributed by atoms with Crippen molar-refractivity contribution in [3.05, 3.63) is 11.6 Å². The summed E-state index contributed by atoms with van der Waals surface area (Å²) in [7, 11) is 0. The van der Waals surface area contributed by atoms with E-state index in [0.717, 1.165) is 71.4 Å². The van der Waals surface area contributed by atoms with Gasteiger partial charge in [0.05, 0.1) is 38.6 Å². The van der Waals surface area contributed by atoms with Crippen LogP contribution in [0, 0.1) is 0 Å². The zero-order valence-corrected chi connectivity index (χ0v) is 18.5. The number of guanidine groups is 1. The molecule has 2 heterocycles. The van der Waals surface area contributed by atoms with Crippen LogP contribution in [0.4, 0.5) is 0 Å². The number of hydrogen-bond donors (Lipinski definition) is 3. The number of aliphatic hydroxyl groups is 1. The van der Waals surface area contributed by atoms with Crippen molar-refractivity contribution in [2.24, 2.45) is 4.99 Å². The van der Waals surface area contributed by atoms with Gasteiger partial charge in [0.2, 0.25) is 0 Å². The van der Waals surface area contributed by atoms with Crippen molar-refractivity contribution < 1.29 is 14.6 Å². The van der Waals surface area contributed by atoms with Gasteiger partial charge in [0.1, 0.15) is 0 Å². The molecule has 0 aliphatic carbocycles. The first-order valence-corrected chi connectivity index (χ1v) is 9.39. The van der Waals surface area contributed by atoms with Gasteiger partial charge in [0, 0.05) is 32.7 Å². The van der Waals surface area contributed by atoms with Gasteiger partial charge in [-0.05, 0) is 26.7 Å². The average Bonchev–Trinajstić information content (AvgIpc) is 2.61. The summed E-state index contributed by atoms with van der Waals surface area (Å²) < 4.78 is 10.7. The molecule has 7 nitrogen and oxygen atoms in total. The van der Waals surface area contributed by atoms with Gasteiger partial charge in [-0.1, -0.05) is 11.6 Å². The van der Waals surface area contributed by atoms with Crippen LogP contribution in [-0.4, -0.2) is 87.3 Å². The highest BCUT2D eigenvalue weighted by molar-refractivity contribution is 14.0. The molecule has 2 aliphatic rings. The third kappa shape index (κ3) is 9.50.